The second kappa shape index (κ2) is 7.82. The Balaban J connectivity index is 1.30. The Labute approximate surface area is 181 Å². The second-order valence-electron chi connectivity index (χ2n) is 8.75. The van der Waals surface area contributed by atoms with E-state index in [9.17, 15) is 10.1 Å². The average molecular weight is 419 g/mol. The summed E-state index contributed by atoms with van der Waals surface area (Å²) >= 11 is 0. The average Bonchev–Trinajstić information content (AvgIpc) is 3.36. The van der Waals surface area contributed by atoms with E-state index in [1.807, 2.05) is 23.1 Å². The molecule has 5 rings (SSSR count). The number of nitrogens with zero attached hydrogens (tertiary/aromatic N) is 5. The predicted molar refractivity (Wildman–Crippen MR) is 114 cm³/mol. The fourth-order valence-corrected chi connectivity index (χ4v) is 5.22. The number of nitriles is 1. The van der Waals surface area contributed by atoms with E-state index < -0.39 is 5.60 Å². The number of amides is 1. The quantitative estimate of drug-likeness (QED) is 0.760. The summed E-state index contributed by atoms with van der Waals surface area (Å²) < 4.78 is 6.12. The highest BCUT2D eigenvalue weighted by Gasteiger charge is 2.46. The Morgan fingerprint density at radius 1 is 1.29 bits per heavy atom. The smallest absolute Gasteiger partial charge is 0.270 e. The van der Waals surface area contributed by atoms with Gasteiger partial charge in [0, 0.05) is 18.7 Å². The van der Waals surface area contributed by atoms with Gasteiger partial charge >= 0.3 is 0 Å². The summed E-state index contributed by atoms with van der Waals surface area (Å²) in [6, 6.07) is 12.3. The molecule has 8 heteroatoms. The molecule has 0 radical (unpaired) electrons. The summed E-state index contributed by atoms with van der Waals surface area (Å²) in [6.07, 6.45) is 6.52. The van der Waals surface area contributed by atoms with E-state index in [0.717, 1.165) is 30.6 Å². The monoisotopic (exact) mass is 418 g/mol. The molecule has 1 N–H and O–H groups in total. The molecule has 1 aromatic heterocycles. The lowest BCUT2D eigenvalue weighted by Gasteiger charge is -2.41. The van der Waals surface area contributed by atoms with E-state index in [1.54, 1.807) is 6.07 Å². The Morgan fingerprint density at radius 3 is 2.90 bits per heavy atom. The van der Waals surface area contributed by atoms with Gasteiger partial charge in [-0.3, -0.25) is 4.79 Å². The molecule has 3 saturated heterocycles. The molecular weight excluding hydrogens is 392 g/mol. The zero-order valence-corrected chi connectivity index (χ0v) is 17.6. The summed E-state index contributed by atoms with van der Waals surface area (Å²) in [5.41, 5.74) is 1.02. The van der Waals surface area contributed by atoms with E-state index in [-0.39, 0.29) is 24.0 Å². The van der Waals surface area contributed by atoms with Crippen molar-refractivity contribution in [2.24, 2.45) is 0 Å². The topological polar surface area (TPSA) is 94.4 Å². The summed E-state index contributed by atoms with van der Waals surface area (Å²) in [6.45, 7) is 3.99. The molecule has 4 atom stereocenters. The number of hydrogen-bond donors (Lipinski definition) is 1. The molecule has 0 aliphatic carbocycles. The zero-order chi connectivity index (χ0) is 21.4. The van der Waals surface area contributed by atoms with E-state index >= 15 is 0 Å². The first-order valence-corrected chi connectivity index (χ1v) is 10.8. The normalized spacial score (nSPS) is 29.6. The van der Waals surface area contributed by atoms with Gasteiger partial charge in [-0.1, -0.05) is 30.3 Å². The number of aromatic nitrogens is 2. The van der Waals surface area contributed by atoms with Gasteiger partial charge in [0.2, 0.25) is 0 Å². The van der Waals surface area contributed by atoms with Crippen LogP contribution >= 0.6 is 0 Å². The van der Waals surface area contributed by atoms with Crippen LogP contribution in [0.4, 0.5) is 5.82 Å². The summed E-state index contributed by atoms with van der Waals surface area (Å²) in [7, 11) is 0. The third-order valence-corrected chi connectivity index (χ3v) is 6.84. The van der Waals surface area contributed by atoms with Crippen molar-refractivity contribution >= 4 is 11.7 Å². The molecule has 31 heavy (non-hydrogen) atoms. The summed E-state index contributed by atoms with van der Waals surface area (Å²) in [4.78, 5) is 25.5. The largest absolute Gasteiger partial charge is 0.367 e. The molecule has 3 fully saturated rings. The Bertz CT molecular complexity index is 1010. The molecule has 0 saturated carbocycles. The molecular formula is C23H26N6O2. The lowest BCUT2D eigenvalue weighted by molar-refractivity contribution is -0.0468. The highest BCUT2D eigenvalue weighted by atomic mass is 16.5. The molecule has 2 bridgehead atoms. The number of carbonyl (C=O) groups is 1. The minimum atomic E-state index is -0.448. The van der Waals surface area contributed by atoms with E-state index in [4.69, 9.17) is 4.74 Å². The Hall–Kier alpha value is -3.18. The summed E-state index contributed by atoms with van der Waals surface area (Å²) in [5.74, 6) is 0.510. The van der Waals surface area contributed by atoms with Crippen LogP contribution in [0.1, 0.15) is 42.2 Å². The van der Waals surface area contributed by atoms with Crippen molar-refractivity contribution in [3.8, 4) is 6.19 Å². The van der Waals surface area contributed by atoms with Crippen LogP contribution in [0.5, 0.6) is 0 Å². The van der Waals surface area contributed by atoms with Crippen LogP contribution in [0.25, 0.3) is 0 Å². The Kier molecular flexibility index (Phi) is 4.98. The predicted octanol–water partition coefficient (Wildman–Crippen LogP) is 2.04. The van der Waals surface area contributed by atoms with Gasteiger partial charge in [-0.15, -0.1) is 0 Å². The van der Waals surface area contributed by atoms with Crippen LogP contribution in [-0.4, -0.2) is 58.6 Å². The zero-order valence-electron chi connectivity index (χ0n) is 17.6. The van der Waals surface area contributed by atoms with E-state index in [2.05, 4.69) is 45.4 Å². The number of nitrogens with one attached hydrogen (secondary N) is 1. The number of ether oxygens (including phenoxy) is 1. The molecule has 3 aliphatic rings. The van der Waals surface area contributed by atoms with Crippen LogP contribution in [0.2, 0.25) is 0 Å². The van der Waals surface area contributed by atoms with Crippen LogP contribution in [0.3, 0.4) is 0 Å². The van der Waals surface area contributed by atoms with Crippen molar-refractivity contribution in [2.75, 3.05) is 24.6 Å². The van der Waals surface area contributed by atoms with Crippen LogP contribution in [0, 0.1) is 11.5 Å². The number of fused-ring (bicyclic) bond motifs is 2. The number of morpholine rings is 1. The van der Waals surface area contributed by atoms with E-state index in [1.165, 1.54) is 6.33 Å². The van der Waals surface area contributed by atoms with Gasteiger partial charge in [0.1, 0.15) is 23.4 Å². The molecule has 3 aliphatic heterocycles. The SMILES string of the molecule is C[C@@]1(c2ccccc2)CN(c2cc(C(=O)N[C@@H]3C[C@@H]4CC[C@H]3N4C#N)ncn2)CCO1. The molecule has 8 nitrogen and oxygen atoms in total. The molecule has 160 valence electrons. The molecule has 2 aromatic rings. The summed E-state index contributed by atoms with van der Waals surface area (Å²) in [5, 5.41) is 12.4. The number of benzene rings is 1. The van der Waals surface area contributed by atoms with Crippen molar-refractivity contribution in [3.05, 3.63) is 54.0 Å². The first-order chi connectivity index (χ1) is 15.1. The molecule has 0 spiro atoms. The number of hydrogen-bond acceptors (Lipinski definition) is 7. The maximum Gasteiger partial charge on any atom is 0.270 e. The molecule has 0 unspecified atom stereocenters. The minimum Gasteiger partial charge on any atom is -0.367 e. The minimum absolute atomic E-state index is 0.00549. The van der Waals surface area contributed by atoms with Gasteiger partial charge in [-0.25, -0.2) is 9.97 Å². The van der Waals surface area contributed by atoms with Gasteiger partial charge in [0.15, 0.2) is 6.19 Å². The number of carbonyl (C=O) groups excluding carboxylic acids is 1. The molecule has 4 heterocycles. The fraction of sp³-hybridized carbons (Fsp3) is 0.478. The van der Waals surface area contributed by atoms with Gasteiger partial charge in [0.25, 0.3) is 5.91 Å². The number of anilines is 1. The first kappa shape index (κ1) is 19.8. The maximum atomic E-state index is 12.9. The van der Waals surface area contributed by atoms with Crippen LogP contribution in [-0.2, 0) is 10.3 Å². The van der Waals surface area contributed by atoms with Crippen molar-refractivity contribution < 1.29 is 9.53 Å². The Morgan fingerprint density at radius 2 is 2.13 bits per heavy atom. The fourth-order valence-electron chi connectivity index (χ4n) is 5.22. The highest BCUT2D eigenvalue weighted by molar-refractivity contribution is 5.93. The van der Waals surface area contributed by atoms with Gasteiger partial charge < -0.3 is 19.9 Å². The number of rotatable bonds is 4. The second-order valence-corrected chi connectivity index (χ2v) is 8.75. The molecule has 1 amide bonds. The van der Waals surface area contributed by atoms with Gasteiger partial charge in [-0.2, -0.15) is 5.26 Å². The first-order valence-electron chi connectivity index (χ1n) is 10.8. The van der Waals surface area contributed by atoms with Crippen molar-refractivity contribution in [1.29, 1.82) is 5.26 Å². The maximum absolute atomic E-state index is 12.9. The van der Waals surface area contributed by atoms with Crippen molar-refractivity contribution in [1.82, 2.24) is 20.2 Å². The lowest BCUT2D eigenvalue weighted by atomic mass is 9.94. The third kappa shape index (κ3) is 3.59. The third-order valence-electron chi connectivity index (χ3n) is 6.84. The lowest BCUT2D eigenvalue weighted by Crippen LogP contribution is -2.48. The van der Waals surface area contributed by atoms with Gasteiger partial charge in [0.05, 0.1) is 25.2 Å². The van der Waals surface area contributed by atoms with Crippen LogP contribution < -0.4 is 10.2 Å². The van der Waals surface area contributed by atoms with Gasteiger partial charge in [-0.05, 0) is 31.7 Å². The van der Waals surface area contributed by atoms with Crippen molar-refractivity contribution in [2.45, 2.75) is 49.9 Å². The molecule has 1 aromatic carbocycles. The van der Waals surface area contributed by atoms with E-state index in [0.29, 0.717) is 25.4 Å². The van der Waals surface area contributed by atoms with Crippen molar-refractivity contribution in [3.63, 3.8) is 0 Å². The standard InChI is InChI=1S/C23H26N6O2/c1-23(16-5-3-2-4-6-16)13-28(9-10-31-23)21-12-19(25-15-26-21)22(30)27-18-11-17-7-8-20(18)29(17)14-24/h2-6,12,15,17-18,20H,7-11,13H2,1H3,(H,27,30)/t17-,18+,20+,23-/m0/s1. The highest BCUT2D eigenvalue weighted by Crippen LogP contribution is 2.37. The van der Waals surface area contributed by atoms with Crippen LogP contribution in [0.15, 0.2) is 42.7 Å².